The van der Waals surface area contributed by atoms with Crippen molar-refractivity contribution >= 4 is 11.7 Å². The van der Waals surface area contributed by atoms with Gasteiger partial charge in [-0.3, -0.25) is 9.59 Å². The number of amides is 1. The number of ketones is 1. The molecule has 120 valence electrons. The van der Waals surface area contributed by atoms with Gasteiger partial charge in [-0.1, -0.05) is 12.1 Å². The number of carbonyl (C=O) groups is 2. The Morgan fingerprint density at radius 1 is 1.61 bits per heavy atom. The fourth-order valence-electron chi connectivity index (χ4n) is 2.42. The van der Waals surface area contributed by atoms with Gasteiger partial charge in [-0.2, -0.15) is 5.26 Å². The molecule has 1 aliphatic rings. The van der Waals surface area contributed by atoms with Crippen LogP contribution in [0.5, 0.6) is 11.5 Å². The Hall–Kier alpha value is -2.81. The predicted octanol–water partition coefficient (Wildman–Crippen LogP) is 1.26. The molecule has 0 saturated carbocycles. The Morgan fingerprint density at radius 3 is 3.04 bits per heavy atom. The fourth-order valence-corrected chi connectivity index (χ4v) is 2.42. The molecule has 1 heterocycles. The van der Waals surface area contributed by atoms with Crippen molar-refractivity contribution < 1.29 is 19.1 Å². The molecule has 0 aromatic heterocycles. The molecule has 0 aliphatic carbocycles. The average molecular weight is 314 g/mol. The van der Waals surface area contributed by atoms with Gasteiger partial charge in [0.2, 0.25) is 5.91 Å². The molecule has 0 radical (unpaired) electrons. The third-order valence-corrected chi connectivity index (χ3v) is 3.68. The molecule has 6 heteroatoms. The van der Waals surface area contributed by atoms with Crippen molar-refractivity contribution in [2.45, 2.75) is 6.42 Å². The van der Waals surface area contributed by atoms with Crippen LogP contribution in [0.2, 0.25) is 0 Å². The Labute approximate surface area is 134 Å². The minimum absolute atomic E-state index is 0.145. The SMILES string of the molecule is C=CCNC(=O)[C@H](C#N)C(=O)[C@@H]1COc2cc(OC)ccc2C1. The van der Waals surface area contributed by atoms with Gasteiger partial charge in [0.15, 0.2) is 11.7 Å². The number of benzene rings is 1. The van der Waals surface area contributed by atoms with Crippen molar-refractivity contribution in [3.63, 3.8) is 0 Å². The number of hydrogen-bond donors (Lipinski definition) is 1. The highest BCUT2D eigenvalue weighted by atomic mass is 16.5. The summed E-state index contributed by atoms with van der Waals surface area (Å²) in [5, 5.41) is 11.6. The third kappa shape index (κ3) is 3.69. The van der Waals surface area contributed by atoms with Crippen LogP contribution in [-0.4, -0.2) is 32.0 Å². The Bertz CT molecular complexity index is 663. The summed E-state index contributed by atoms with van der Waals surface area (Å²) in [4.78, 5) is 24.3. The van der Waals surface area contributed by atoms with Crippen LogP contribution in [-0.2, 0) is 16.0 Å². The van der Waals surface area contributed by atoms with Crippen LogP contribution in [0.4, 0.5) is 0 Å². The van der Waals surface area contributed by atoms with Crippen molar-refractivity contribution in [3.05, 3.63) is 36.4 Å². The number of nitriles is 1. The molecule has 0 saturated heterocycles. The largest absolute Gasteiger partial charge is 0.497 e. The average Bonchev–Trinajstić information content (AvgIpc) is 2.59. The number of methoxy groups -OCH3 is 1. The van der Waals surface area contributed by atoms with E-state index in [0.717, 1.165) is 5.56 Å². The standard InChI is InChI=1S/C17H18N2O4/c1-3-6-19-17(21)14(9-18)16(20)12-7-11-4-5-13(22-2)8-15(11)23-10-12/h3-5,8,12,14H,1,6-7,10H2,2H3,(H,19,21)/t12-,14+/m0/s1. The number of fused-ring (bicyclic) bond motifs is 1. The molecule has 1 aromatic carbocycles. The smallest absolute Gasteiger partial charge is 0.245 e. The zero-order chi connectivity index (χ0) is 16.8. The number of nitrogens with one attached hydrogen (secondary N) is 1. The quantitative estimate of drug-likeness (QED) is 0.631. The molecule has 23 heavy (non-hydrogen) atoms. The highest BCUT2D eigenvalue weighted by Crippen LogP contribution is 2.32. The maximum Gasteiger partial charge on any atom is 0.245 e. The normalized spacial score (nSPS) is 17.0. The van der Waals surface area contributed by atoms with Crippen LogP contribution in [0.15, 0.2) is 30.9 Å². The van der Waals surface area contributed by atoms with E-state index >= 15 is 0 Å². The lowest BCUT2D eigenvalue weighted by Gasteiger charge is -2.25. The second-order valence-electron chi connectivity index (χ2n) is 5.18. The summed E-state index contributed by atoms with van der Waals surface area (Å²) in [5.74, 6) is -1.53. The first kappa shape index (κ1) is 16.6. The monoisotopic (exact) mass is 314 g/mol. The van der Waals surface area contributed by atoms with Crippen molar-refractivity contribution in [3.8, 4) is 17.6 Å². The summed E-state index contributed by atoms with van der Waals surface area (Å²) in [5.41, 5.74) is 0.860. The first-order valence-corrected chi connectivity index (χ1v) is 7.22. The van der Waals surface area contributed by atoms with Crippen molar-refractivity contribution in [1.82, 2.24) is 5.32 Å². The van der Waals surface area contributed by atoms with Crippen LogP contribution in [0, 0.1) is 23.2 Å². The summed E-state index contributed by atoms with van der Waals surface area (Å²) in [7, 11) is 1.57. The lowest BCUT2D eigenvalue weighted by molar-refractivity contribution is -0.134. The van der Waals surface area contributed by atoms with Gasteiger partial charge >= 0.3 is 0 Å². The molecule has 0 bridgehead atoms. The molecule has 1 aromatic rings. The van der Waals surface area contributed by atoms with Gasteiger partial charge in [0.1, 0.15) is 11.5 Å². The molecule has 1 aliphatic heterocycles. The Balaban J connectivity index is 2.10. The molecular formula is C17H18N2O4. The van der Waals surface area contributed by atoms with E-state index in [9.17, 15) is 9.59 Å². The number of carbonyl (C=O) groups excluding carboxylic acids is 2. The van der Waals surface area contributed by atoms with E-state index in [-0.39, 0.29) is 13.2 Å². The number of Topliss-reactive ketones (excluding diaryl/α,β-unsaturated/α-hetero) is 1. The van der Waals surface area contributed by atoms with E-state index in [1.807, 2.05) is 6.07 Å². The van der Waals surface area contributed by atoms with Crippen LogP contribution in [0.1, 0.15) is 5.56 Å². The highest BCUT2D eigenvalue weighted by Gasteiger charge is 2.35. The van der Waals surface area contributed by atoms with Crippen molar-refractivity contribution in [2.24, 2.45) is 11.8 Å². The second-order valence-corrected chi connectivity index (χ2v) is 5.18. The van der Waals surface area contributed by atoms with Crippen LogP contribution in [0.3, 0.4) is 0 Å². The van der Waals surface area contributed by atoms with E-state index in [1.165, 1.54) is 6.08 Å². The lowest BCUT2D eigenvalue weighted by atomic mass is 9.87. The van der Waals surface area contributed by atoms with E-state index in [0.29, 0.717) is 17.9 Å². The highest BCUT2D eigenvalue weighted by molar-refractivity contribution is 6.05. The fraction of sp³-hybridized carbons (Fsp3) is 0.353. The minimum atomic E-state index is -1.33. The van der Waals surface area contributed by atoms with Gasteiger partial charge < -0.3 is 14.8 Å². The summed E-state index contributed by atoms with van der Waals surface area (Å²) in [6, 6.07) is 7.15. The lowest BCUT2D eigenvalue weighted by Crippen LogP contribution is -2.40. The van der Waals surface area contributed by atoms with Crippen molar-refractivity contribution in [2.75, 3.05) is 20.3 Å². The number of nitrogens with zero attached hydrogens (tertiary/aromatic N) is 1. The number of rotatable bonds is 6. The zero-order valence-electron chi connectivity index (χ0n) is 12.9. The van der Waals surface area contributed by atoms with E-state index in [2.05, 4.69) is 11.9 Å². The van der Waals surface area contributed by atoms with Gasteiger partial charge in [0, 0.05) is 12.6 Å². The van der Waals surface area contributed by atoms with Gasteiger partial charge in [-0.05, 0) is 18.1 Å². The van der Waals surface area contributed by atoms with Gasteiger partial charge in [-0.25, -0.2) is 0 Å². The Morgan fingerprint density at radius 2 is 2.39 bits per heavy atom. The predicted molar refractivity (Wildman–Crippen MR) is 83.0 cm³/mol. The second kappa shape index (κ2) is 7.45. The molecule has 1 amide bonds. The third-order valence-electron chi connectivity index (χ3n) is 3.68. The maximum atomic E-state index is 12.5. The number of ether oxygens (including phenoxy) is 2. The van der Waals surface area contributed by atoms with Crippen LogP contribution < -0.4 is 14.8 Å². The van der Waals surface area contributed by atoms with E-state index in [1.54, 1.807) is 25.3 Å². The molecule has 2 atom stereocenters. The van der Waals surface area contributed by atoms with Gasteiger partial charge in [0.05, 0.1) is 25.7 Å². The maximum absolute atomic E-state index is 12.5. The van der Waals surface area contributed by atoms with E-state index in [4.69, 9.17) is 14.7 Å². The molecule has 0 spiro atoms. The van der Waals surface area contributed by atoms with E-state index < -0.39 is 23.5 Å². The van der Waals surface area contributed by atoms with Crippen molar-refractivity contribution in [1.29, 1.82) is 5.26 Å². The summed E-state index contributed by atoms with van der Waals surface area (Å²) < 4.78 is 10.7. The minimum Gasteiger partial charge on any atom is -0.497 e. The summed E-state index contributed by atoms with van der Waals surface area (Å²) in [6.45, 7) is 3.84. The van der Waals surface area contributed by atoms with Crippen LogP contribution in [0.25, 0.3) is 0 Å². The molecule has 6 nitrogen and oxygen atoms in total. The summed E-state index contributed by atoms with van der Waals surface area (Å²) >= 11 is 0. The summed E-state index contributed by atoms with van der Waals surface area (Å²) in [6.07, 6.45) is 1.93. The molecule has 0 unspecified atom stereocenters. The zero-order valence-corrected chi connectivity index (χ0v) is 12.9. The first-order valence-electron chi connectivity index (χ1n) is 7.22. The molecule has 1 N–H and O–H groups in total. The molecule has 0 fully saturated rings. The Kier molecular flexibility index (Phi) is 5.36. The van der Waals surface area contributed by atoms with Gasteiger partial charge in [0.25, 0.3) is 0 Å². The van der Waals surface area contributed by atoms with Crippen LogP contribution >= 0.6 is 0 Å². The number of hydrogen-bond acceptors (Lipinski definition) is 5. The molecule has 2 rings (SSSR count). The molecular weight excluding hydrogens is 296 g/mol. The van der Waals surface area contributed by atoms with Gasteiger partial charge in [-0.15, -0.1) is 6.58 Å². The first-order chi connectivity index (χ1) is 11.1. The topological polar surface area (TPSA) is 88.4 Å².